The van der Waals surface area contributed by atoms with Gasteiger partial charge >= 0.3 is 0 Å². The first-order chi connectivity index (χ1) is 8.38. The van der Waals surface area contributed by atoms with Crippen molar-refractivity contribution >= 4 is 68.1 Å². The quantitative estimate of drug-likeness (QED) is 0.891. The van der Waals surface area contributed by atoms with Crippen LogP contribution in [0.15, 0.2) is 11.0 Å². The molecule has 2 rings (SSSR count). The molecule has 0 saturated carbocycles. The Hall–Kier alpha value is 0.890. The van der Waals surface area contributed by atoms with Crippen LogP contribution >= 0.6 is 58.1 Å². The number of thioether (sulfide) groups is 2. The van der Waals surface area contributed by atoms with Gasteiger partial charge in [-0.1, -0.05) is 23.2 Å². The summed E-state index contributed by atoms with van der Waals surface area (Å²) in [7, 11) is -3.57. The first kappa shape index (κ1) is 15.3. The third-order valence-electron chi connectivity index (χ3n) is 2.30. The predicted octanol–water partition coefficient (Wildman–Crippen LogP) is 3.53. The molecule has 0 unspecified atom stereocenters. The highest BCUT2D eigenvalue weighted by atomic mass is 35.5. The minimum atomic E-state index is -3.57. The molecule has 1 aliphatic rings. The molecule has 2 heterocycles. The van der Waals surface area contributed by atoms with Gasteiger partial charge in [0.15, 0.2) is 0 Å². The zero-order valence-electron chi connectivity index (χ0n) is 9.35. The van der Waals surface area contributed by atoms with Gasteiger partial charge in [0.25, 0.3) is 0 Å². The molecule has 0 aliphatic carbocycles. The molecular formula is C9H11Cl2NO2S4. The summed E-state index contributed by atoms with van der Waals surface area (Å²) in [4.78, 5) is 0.0767. The molecule has 0 spiro atoms. The van der Waals surface area contributed by atoms with Gasteiger partial charge in [-0.2, -0.15) is 0 Å². The van der Waals surface area contributed by atoms with Crippen molar-refractivity contribution in [3.63, 3.8) is 0 Å². The van der Waals surface area contributed by atoms with Crippen molar-refractivity contribution < 1.29 is 8.42 Å². The van der Waals surface area contributed by atoms with Gasteiger partial charge in [0.05, 0.1) is 4.34 Å². The van der Waals surface area contributed by atoms with Gasteiger partial charge < -0.3 is 0 Å². The number of sulfonamides is 1. The molecule has 1 aliphatic heterocycles. The van der Waals surface area contributed by atoms with E-state index < -0.39 is 10.0 Å². The van der Waals surface area contributed by atoms with Gasteiger partial charge in [0.1, 0.15) is 9.23 Å². The van der Waals surface area contributed by atoms with E-state index in [9.17, 15) is 8.42 Å². The van der Waals surface area contributed by atoms with Crippen LogP contribution in [0.25, 0.3) is 0 Å². The maximum absolute atomic E-state index is 12.2. The Bertz CT molecular complexity index is 523. The third-order valence-corrected chi connectivity index (χ3v) is 8.52. The Labute approximate surface area is 129 Å². The summed E-state index contributed by atoms with van der Waals surface area (Å²) < 4.78 is 28.1. The second-order valence-corrected chi connectivity index (χ2v) is 10.8. The maximum atomic E-state index is 12.2. The SMILES string of the molecule is CC1SCC(NS(=O)(=O)c2cc(Cl)sc2Cl)CS1. The Kier molecular flexibility index (Phi) is 5.19. The van der Waals surface area contributed by atoms with Crippen molar-refractivity contribution in [3.05, 3.63) is 14.7 Å². The average molecular weight is 364 g/mol. The van der Waals surface area contributed by atoms with Gasteiger partial charge in [0.2, 0.25) is 10.0 Å². The Balaban J connectivity index is 2.10. The molecule has 102 valence electrons. The van der Waals surface area contributed by atoms with Crippen molar-refractivity contribution in [1.82, 2.24) is 4.72 Å². The van der Waals surface area contributed by atoms with E-state index in [-0.39, 0.29) is 15.3 Å². The monoisotopic (exact) mass is 363 g/mol. The molecule has 3 nitrogen and oxygen atoms in total. The minimum Gasteiger partial charge on any atom is -0.207 e. The van der Waals surface area contributed by atoms with Crippen molar-refractivity contribution in [1.29, 1.82) is 0 Å². The van der Waals surface area contributed by atoms with Crippen molar-refractivity contribution in [3.8, 4) is 0 Å². The minimum absolute atomic E-state index is 0.0593. The van der Waals surface area contributed by atoms with E-state index in [0.29, 0.717) is 8.92 Å². The molecular weight excluding hydrogens is 353 g/mol. The summed E-state index contributed by atoms with van der Waals surface area (Å²) in [6.45, 7) is 2.12. The van der Waals surface area contributed by atoms with E-state index >= 15 is 0 Å². The second-order valence-electron chi connectivity index (χ2n) is 3.74. The van der Waals surface area contributed by atoms with E-state index in [1.54, 1.807) is 23.5 Å². The molecule has 1 N–H and O–H groups in total. The average Bonchev–Trinajstić information content (AvgIpc) is 2.62. The molecule has 1 aromatic heterocycles. The van der Waals surface area contributed by atoms with Crippen LogP contribution in [0.4, 0.5) is 0 Å². The fraction of sp³-hybridized carbons (Fsp3) is 0.556. The maximum Gasteiger partial charge on any atom is 0.243 e. The summed E-state index contributed by atoms with van der Waals surface area (Å²) in [5, 5.41) is 0. The highest BCUT2D eigenvalue weighted by Gasteiger charge is 2.27. The number of hydrogen-bond donors (Lipinski definition) is 1. The summed E-state index contributed by atoms with van der Waals surface area (Å²) >= 11 is 16.2. The van der Waals surface area contributed by atoms with Gasteiger partial charge in [-0.25, -0.2) is 13.1 Å². The zero-order chi connectivity index (χ0) is 13.3. The predicted molar refractivity (Wildman–Crippen MR) is 82.8 cm³/mol. The lowest BCUT2D eigenvalue weighted by Gasteiger charge is -2.25. The number of halogens is 2. The van der Waals surface area contributed by atoms with Crippen LogP contribution in [0.3, 0.4) is 0 Å². The Morgan fingerprint density at radius 2 is 1.94 bits per heavy atom. The van der Waals surface area contributed by atoms with E-state index in [1.165, 1.54) is 6.07 Å². The summed E-state index contributed by atoms with van der Waals surface area (Å²) in [6, 6.07) is 1.33. The van der Waals surface area contributed by atoms with E-state index in [4.69, 9.17) is 23.2 Å². The van der Waals surface area contributed by atoms with Crippen molar-refractivity contribution in [2.24, 2.45) is 0 Å². The second kappa shape index (κ2) is 6.11. The van der Waals surface area contributed by atoms with Crippen LogP contribution in [0, 0.1) is 0 Å². The molecule has 0 atom stereocenters. The van der Waals surface area contributed by atoms with Crippen molar-refractivity contribution in [2.75, 3.05) is 11.5 Å². The largest absolute Gasteiger partial charge is 0.243 e. The zero-order valence-corrected chi connectivity index (χ0v) is 14.1. The lowest BCUT2D eigenvalue weighted by Crippen LogP contribution is -2.40. The van der Waals surface area contributed by atoms with Gasteiger partial charge in [0, 0.05) is 22.1 Å². The molecule has 1 saturated heterocycles. The first-order valence-corrected chi connectivity index (χ1v) is 10.2. The fourth-order valence-corrected chi connectivity index (χ4v) is 7.47. The molecule has 0 amide bonds. The fourth-order valence-electron chi connectivity index (χ4n) is 1.46. The topological polar surface area (TPSA) is 46.2 Å². The molecule has 9 heteroatoms. The van der Waals surface area contributed by atoms with Crippen LogP contribution in [-0.4, -0.2) is 30.5 Å². The normalized spacial score (nSPS) is 25.3. The number of thiophene rings is 1. The lowest BCUT2D eigenvalue weighted by molar-refractivity contribution is 0.572. The van der Waals surface area contributed by atoms with Crippen LogP contribution in [0.5, 0.6) is 0 Å². The summed E-state index contributed by atoms with van der Waals surface area (Å²) in [5.41, 5.74) is 0. The molecule has 1 aromatic rings. The molecule has 0 radical (unpaired) electrons. The molecule has 0 bridgehead atoms. The number of hydrogen-bond acceptors (Lipinski definition) is 5. The Morgan fingerprint density at radius 3 is 2.44 bits per heavy atom. The Morgan fingerprint density at radius 1 is 1.33 bits per heavy atom. The number of rotatable bonds is 3. The lowest BCUT2D eigenvalue weighted by atomic mass is 10.4. The molecule has 18 heavy (non-hydrogen) atoms. The van der Waals surface area contributed by atoms with Crippen LogP contribution in [0.1, 0.15) is 6.92 Å². The van der Waals surface area contributed by atoms with E-state index in [0.717, 1.165) is 22.8 Å². The third kappa shape index (κ3) is 3.71. The van der Waals surface area contributed by atoms with Crippen LogP contribution < -0.4 is 4.72 Å². The highest BCUT2D eigenvalue weighted by molar-refractivity contribution is 8.17. The first-order valence-electron chi connectivity index (χ1n) is 5.09. The standard InChI is InChI=1S/C9H11Cl2NO2S4/c1-5-15-3-6(4-16-5)12-18(13,14)7-2-8(10)17-9(7)11/h2,5-6,12H,3-4H2,1H3. The van der Waals surface area contributed by atoms with Gasteiger partial charge in [-0.05, 0) is 13.0 Å². The van der Waals surface area contributed by atoms with Gasteiger partial charge in [-0.15, -0.1) is 34.9 Å². The summed E-state index contributed by atoms with van der Waals surface area (Å²) in [6.07, 6.45) is 0. The van der Waals surface area contributed by atoms with E-state index in [1.807, 2.05) is 0 Å². The van der Waals surface area contributed by atoms with Crippen molar-refractivity contribution in [2.45, 2.75) is 22.4 Å². The smallest absolute Gasteiger partial charge is 0.207 e. The van der Waals surface area contributed by atoms with Crippen LogP contribution in [-0.2, 0) is 10.0 Å². The molecule has 0 aromatic carbocycles. The molecule has 1 fully saturated rings. The van der Waals surface area contributed by atoms with Crippen LogP contribution in [0.2, 0.25) is 8.67 Å². The highest BCUT2D eigenvalue weighted by Crippen LogP contribution is 2.35. The number of nitrogens with one attached hydrogen (secondary N) is 1. The van der Waals surface area contributed by atoms with Gasteiger partial charge in [-0.3, -0.25) is 0 Å². The van der Waals surface area contributed by atoms with E-state index in [2.05, 4.69) is 11.6 Å². The summed E-state index contributed by atoms with van der Waals surface area (Å²) in [5.74, 6) is 1.56.